The third-order valence-electron chi connectivity index (χ3n) is 3.87. The minimum Gasteiger partial charge on any atom is -0.456 e. The predicted octanol–water partition coefficient (Wildman–Crippen LogP) is 3.43. The van der Waals surface area contributed by atoms with E-state index in [2.05, 4.69) is 5.32 Å². The molecule has 2 rings (SSSR count). The van der Waals surface area contributed by atoms with Gasteiger partial charge in [-0.1, -0.05) is 37.3 Å². The highest BCUT2D eigenvalue weighted by Gasteiger charge is 2.13. The number of hydrogen-bond acceptors (Lipinski definition) is 4. The third-order valence-corrected chi connectivity index (χ3v) is 3.87. The summed E-state index contributed by atoms with van der Waals surface area (Å²) in [7, 11) is 3.90. The Bertz CT molecular complexity index is 697. The maximum atomic E-state index is 11.9. The van der Waals surface area contributed by atoms with Gasteiger partial charge in [-0.15, -0.1) is 0 Å². The summed E-state index contributed by atoms with van der Waals surface area (Å²) in [5, 5.41) is 2.71. The van der Waals surface area contributed by atoms with Gasteiger partial charge in [0.15, 0.2) is 6.61 Å². The van der Waals surface area contributed by atoms with Crippen LogP contribution in [0.2, 0.25) is 0 Å². The van der Waals surface area contributed by atoms with Crippen molar-refractivity contribution >= 4 is 23.3 Å². The van der Waals surface area contributed by atoms with Crippen LogP contribution in [0.5, 0.6) is 0 Å². The standard InChI is InChI=1S/C20H24N2O3/c1-15(16-7-5-4-6-8-16)13-20(24)25-14-19(23)21-17-9-11-18(12-10-17)22(2)3/h4-12,15H,13-14H2,1-3H3,(H,21,23)/t15-/m0/s1. The molecule has 1 amide bonds. The van der Waals surface area contributed by atoms with Crippen molar-refractivity contribution in [2.24, 2.45) is 0 Å². The van der Waals surface area contributed by atoms with Crippen LogP contribution in [-0.4, -0.2) is 32.6 Å². The van der Waals surface area contributed by atoms with E-state index < -0.39 is 0 Å². The van der Waals surface area contributed by atoms with Crippen molar-refractivity contribution in [2.75, 3.05) is 30.9 Å². The van der Waals surface area contributed by atoms with Gasteiger partial charge in [0, 0.05) is 25.5 Å². The van der Waals surface area contributed by atoms with Crippen molar-refractivity contribution in [1.82, 2.24) is 0 Å². The fraction of sp³-hybridized carbons (Fsp3) is 0.300. The quantitative estimate of drug-likeness (QED) is 0.785. The van der Waals surface area contributed by atoms with Gasteiger partial charge in [-0.3, -0.25) is 9.59 Å². The molecule has 25 heavy (non-hydrogen) atoms. The van der Waals surface area contributed by atoms with E-state index in [0.717, 1.165) is 11.3 Å². The SMILES string of the molecule is C[C@@H](CC(=O)OCC(=O)Nc1ccc(N(C)C)cc1)c1ccccc1. The van der Waals surface area contributed by atoms with Crippen LogP contribution in [0.25, 0.3) is 0 Å². The summed E-state index contributed by atoms with van der Waals surface area (Å²) in [6.07, 6.45) is 0.245. The molecule has 0 saturated heterocycles. The molecule has 1 atom stereocenters. The first-order valence-electron chi connectivity index (χ1n) is 8.23. The van der Waals surface area contributed by atoms with Gasteiger partial charge in [-0.05, 0) is 35.7 Å². The number of rotatable bonds is 7. The van der Waals surface area contributed by atoms with Crippen LogP contribution in [0.4, 0.5) is 11.4 Å². The van der Waals surface area contributed by atoms with E-state index in [4.69, 9.17) is 4.74 Å². The van der Waals surface area contributed by atoms with Gasteiger partial charge in [0.05, 0.1) is 6.42 Å². The predicted molar refractivity (Wildman–Crippen MR) is 99.8 cm³/mol. The molecule has 0 spiro atoms. The smallest absolute Gasteiger partial charge is 0.306 e. The molecule has 0 aromatic heterocycles. The molecule has 1 N–H and O–H groups in total. The van der Waals surface area contributed by atoms with E-state index in [9.17, 15) is 9.59 Å². The molecule has 132 valence electrons. The Morgan fingerprint density at radius 3 is 2.28 bits per heavy atom. The number of nitrogens with zero attached hydrogens (tertiary/aromatic N) is 1. The number of benzene rings is 2. The molecule has 0 bridgehead atoms. The second kappa shape index (κ2) is 8.87. The molecule has 5 heteroatoms. The lowest BCUT2D eigenvalue weighted by Gasteiger charge is -2.13. The first-order valence-corrected chi connectivity index (χ1v) is 8.23. The van der Waals surface area contributed by atoms with Crippen molar-refractivity contribution < 1.29 is 14.3 Å². The minimum absolute atomic E-state index is 0.0512. The lowest BCUT2D eigenvalue weighted by Crippen LogP contribution is -2.21. The fourth-order valence-corrected chi connectivity index (χ4v) is 2.39. The van der Waals surface area contributed by atoms with Crippen molar-refractivity contribution in [2.45, 2.75) is 19.3 Å². The molecule has 0 radical (unpaired) electrons. The second-order valence-corrected chi connectivity index (χ2v) is 6.17. The average molecular weight is 340 g/mol. The second-order valence-electron chi connectivity index (χ2n) is 6.17. The van der Waals surface area contributed by atoms with E-state index in [1.165, 1.54) is 0 Å². The maximum absolute atomic E-state index is 11.9. The van der Waals surface area contributed by atoms with E-state index in [1.807, 2.05) is 80.5 Å². The van der Waals surface area contributed by atoms with Gasteiger partial charge in [-0.25, -0.2) is 0 Å². The number of ether oxygens (including phenoxy) is 1. The zero-order valence-electron chi connectivity index (χ0n) is 14.9. The molecular formula is C20H24N2O3. The molecule has 2 aromatic rings. The topological polar surface area (TPSA) is 58.6 Å². The molecule has 0 saturated carbocycles. The van der Waals surface area contributed by atoms with Crippen molar-refractivity contribution in [3.05, 3.63) is 60.2 Å². The normalized spacial score (nSPS) is 11.5. The summed E-state index contributed by atoms with van der Waals surface area (Å²) in [5.41, 5.74) is 2.79. The molecule has 0 aliphatic carbocycles. The summed E-state index contributed by atoms with van der Waals surface area (Å²) in [4.78, 5) is 25.8. The Hall–Kier alpha value is -2.82. The number of anilines is 2. The molecule has 0 unspecified atom stereocenters. The van der Waals surface area contributed by atoms with Crippen molar-refractivity contribution in [1.29, 1.82) is 0 Å². The molecular weight excluding hydrogens is 316 g/mol. The van der Waals surface area contributed by atoms with E-state index in [0.29, 0.717) is 5.69 Å². The Balaban J connectivity index is 1.76. The van der Waals surface area contributed by atoms with Crippen LogP contribution < -0.4 is 10.2 Å². The zero-order valence-corrected chi connectivity index (χ0v) is 14.9. The van der Waals surface area contributed by atoms with Gasteiger partial charge in [0.2, 0.25) is 0 Å². The maximum Gasteiger partial charge on any atom is 0.306 e. The average Bonchev–Trinajstić information content (AvgIpc) is 2.61. The molecule has 0 heterocycles. The summed E-state index contributed by atoms with van der Waals surface area (Å²) in [5.74, 6) is -0.678. The molecule has 0 aliphatic rings. The summed E-state index contributed by atoms with van der Waals surface area (Å²) in [6.45, 7) is 1.68. The third kappa shape index (κ3) is 5.95. The highest BCUT2D eigenvalue weighted by atomic mass is 16.5. The van der Waals surface area contributed by atoms with Crippen LogP contribution in [0.15, 0.2) is 54.6 Å². The molecule has 5 nitrogen and oxygen atoms in total. The summed E-state index contributed by atoms with van der Waals surface area (Å²) >= 11 is 0. The lowest BCUT2D eigenvalue weighted by atomic mass is 9.98. The Morgan fingerprint density at radius 2 is 1.68 bits per heavy atom. The van der Waals surface area contributed by atoms with Crippen LogP contribution in [0.3, 0.4) is 0 Å². The first kappa shape index (κ1) is 18.5. The van der Waals surface area contributed by atoms with Gasteiger partial charge < -0.3 is 15.0 Å². The number of carbonyl (C=O) groups excluding carboxylic acids is 2. The largest absolute Gasteiger partial charge is 0.456 e. The van der Waals surface area contributed by atoms with Crippen molar-refractivity contribution in [3.63, 3.8) is 0 Å². The zero-order chi connectivity index (χ0) is 18.2. The van der Waals surface area contributed by atoms with Gasteiger partial charge in [-0.2, -0.15) is 0 Å². The monoisotopic (exact) mass is 340 g/mol. The number of nitrogens with one attached hydrogen (secondary N) is 1. The molecule has 2 aromatic carbocycles. The van der Waals surface area contributed by atoms with Gasteiger partial charge in [0.25, 0.3) is 5.91 Å². The minimum atomic E-state index is -0.380. The Morgan fingerprint density at radius 1 is 1.04 bits per heavy atom. The highest BCUT2D eigenvalue weighted by molar-refractivity contribution is 5.93. The Kier molecular flexibility index (Phi) is 6.57. The van der Waals surface area contributed by atoms with E-state index >= 15 is 0 Å². The van der Waals surface area contributed by atoms with Crippen LogP contribution in [-0.2, 0) is 14.3 Å². The highest BCUT2D eigenvalue weighted by Crippen LogP contribution is 2.19. The Labute approximate surface area is 148 Å². The molecule has 0 aliphatic heterocycles. The van der Waals surface area contributed by atoms with Crippen LogP contribution >= 0.6 is 0 Å². The van der Waals surface area contributed by atoms with E-state index in [1.54, 1.807) is 0 Å². The summed E-state index contributed by atoms with van der Waals surface area (Å²) < 4.78 is 5.07. The number of esters is 1. The number of hydrogen-bond donors (Lipinski definition) is 1. The van der Waals surface area contributed by atoms with Gasteiger partial charge >= 0.3 is 5.97 Å². The lowest BCUT2D eigenvalue weighted by molar-refractivity contribution is -0.147. The number of amides is 1. The van der Waals surface area contributed by atoms with Crippen LogP contribution in [0.1, 0.15) is 24.8 Å². The molecule has 0 fully saturated rings. The van der Waals surface area contributed by atoms with E-state index in [-0.39, 0.29) is 30.8 Å². The fourth-order valence-electron chi connectivity index (χ4n) is 2.39. The van der Waals surface area contributed by atoms with Crippen LogP contribution in [0, 0.1) is 0 Å². The van der Waals surface area contributed by atoms with Crippen molar-refractivity contribution in [3.8, 4) is 0 Å². The number of carbonyl (C=O) groups is 2. The first-order chi connectivity index (χ1) is 12.0. The van der Waals surface area contributed by atoms with Gasteiger partial charge in [0.1, 0.15) is 0 Å². The summed E-state index contributed by atoms with van der Waals surface area (Å²) in [6, 6.07) is 17.2.